The average Bonchev–Trinajstić information content (AvgIpc) is 3.51. The second-order valence-electron chi connectivity index (χ2n) is 10.0. The number of H-pyrrole nitrogens is 1. The van der Waals surface area contributed by atoms with Crippen molar-refractivity contribution in [2.45, 2.75) is 51.2 Å². The van der Waals surface area contributed by atoms with Gasteiger partial charge in [-0.25, -0.2) is 4.79 Å². The third-order valence-electron chi connectivity index (χ3n) is 7.16. The number of halogens is 1. The Morgan fingerprint density at radius 2 is 1.75 bits per heavy atom. The third-order valence-corrected chi connectivity index (χ3v) is 7.69. The van der Waals surface area contributed by atoms with E-state index in [2.05, 4.69) is 72.2 Å². The van der Waals surface area contributed by atoms with Crippen molar-refractivity contribution < 1.29 is 9.90 Å². The molecule has 9 heteroatoms. The molecule has 4 aromatic rings. The minimum atomic E-state index is -0.744. The van der Waals surface area contributed by atoms with E-state index in [1.54, 1.807) is 4.90 Å². The van der Waals surface area contributed by atoms with Gasteiger partial charge in [-0.1, -0.05) is 75.8 Å². The summed E-state index contributed by atoms with van der Waals surface area (Å²) in [6.07, 6.45) is 7.31. The maximum atomic E-state index is 13.5. The number of nitrogens with zero attached hydrogens (tertiary/aromatic N) is 4. The fourth-order valence-corrected chi connectivity index (χ4v) is 5.15. The number of amides is 2. The second-order valence-corrected chi connectivity index (χ2v) is 10.9. The number of allylic oxidation sites excluding steroid dienone is 2. The van der Waals surface area contributed by atoms with Gasteiger partial charge in [-0.2, -0.15) is 5.21 Å². The van der Waals surface area contributed by atoms with Crippen LogP contribution in [0.3, 0.4) is 0 Å². The molecule has 1 aliphatic rings. The fourth-order valence-electron chi connectivity index (χ4n) is 4.88. The van der Waals surface area contributed by atoms with Crippen LogP contribution in [-0.4, -0.2) is 38.3 Å². The molecule has 40 heavy (non-hydrogen) atoms. The number of aromatic nitrogens is 4. The minimum Gasteiger partial charge on any atom is -0.388 e. The van der Waals surface area contributed by atoms with E-state index in [9.17, 15) is 9.90 Å². The minimum absolute atomic E-state index is 0.150. The number of hydrogen-bond acceptors (Lipinski definition) is 5. The zero-order valence-corrected chi connectivity index (χ0v) is 23.8. The number of nitrogens with one attached hydrogen (secondary N) is 2. The van der Waals surface area contributed by atoms with Gasteiger partial charge in [0.25, 0.3) is 0 Å². The number of aromatic amines is 1. The van der Waals surface area contributed by atoms with Gasteiger partial charge in [0, 0.05) is 23.1 Å². The Bertz CT molecular complexity index is 1400. The number of rotatable bonds is 10. The molecule has 1 aliphatic carbocycles. The third kappa shape index (κ3) is 7.43. The molecule has 0 fully saturated rings. The Hall–Kier alpha value is -3.82. The Balaban J connectivity index is 1.29. The van der Waals surface area contributed by atoms with Gasteiger partial charge in [0.2, 0.25) is 0 Å². The lowest BCUT2D eigenvalue weighted by Crippen LogP contribution is -2.40. The number of tetrazole rings is 1. The van der Waals surface area contributed by atoms with Gasteiger partial charge >= 0.3 is 6.03 Å². The van der Waals surface area contributed by atoms with Crippen molar-refractivity contribution in [3.63, 3.8) is 0 Å². The lowest BCUT2D eigenvalue weighted by molar-refractivity contribution is 0.176. The Labute approximate surface area is 242 Å². The van der Waals surface area contributed by atoms with E-state index in [0.717, 1.165) is 46.1 Å². The molecule has 2 amide bonds. The molecule has 3 N–H and O–H groups in total. The number of aliphatic hydroxyl groups excluding tert-OH is 1. The molecule has 0 unspecified atom stereocenters. The number of anilines is 1. The summed E-state index contributed by atoms with van der Waals surface area (Å²) in [5.74, 6) is 0.454. The Morgan fingerprint density at radius 3 is 2.42 bits per heavy atom. The zero-order valence-electron chi connectivity index (χ0n) is 22.3. The topological polar surface area (TPSA) is 107 Å². The number of hydrogen-bond donors (Lipinski definition) is 3. The van der Waals surface area contributed by atoms with Gasteiger partial charge in [-0.05, 0) is 84.2 Å². The highest BCUT2D eigenvalue weighted by molar-refractivity contribution is 9.10. The largest absolute Gasteiger partial charge is 0.388 e. The summed E-state index contributed by atoms with van der Waals surface area (Å²) < 4.78 is 1.03. The summed E-state index contributed by atoms with van der Waals surface area (Å²) >= 11 is 3.47. The van der Waals surface area contributed by atoms with Gasteiger partial charge in [0.1, 0.15) is 0 Å². The van der Waals surface area contributed by atoms with E-state index < -0.39 is 6.10 Å². The molecule has 0 aliphatic heterocycles. The first-order chi connectivity index (χ1) is 19.5. The number of aliphatic hydroxyl groups is 1. The maximum Gasteiger partial charge on any atom is 0.322 e. The summed E-state index contributed by atoms with van der Waals surface area (Å²) in [6, 6.07) is 23.9. The molecule has 1 heterocycles. The molecular weight excluding hydrogens is 568 g/mol. The van der Waals surface area contributed by atoms with E-state index in [1.807, 2.05) is 48.5 Å². The first-order valence-electron chi connectivity index (χ1n) is 13.6. The molecule has 8 nitrogen and oxygen atoms in total. The van der Waals surface area contributed by atoms with E-state index in [-0.39, 0.29) is 12.5 Å². The molecule has 5 rings (SSSR count). The van der Waals surface area contributed by atoms with Crippen molar-refractivity contribution in [2.75, 3.05) is 11.4 Å². The summed E-state index contributed by atoms with van der Waals surface area (Å²) in [4.78, 5) is 15.2. The monoisotopic (exact) mass is 600 g/mol. The van der Waals surface area contributed by atoms with Crippen molar-refractivity contribution in [3.8, 4) is 0 Å². The highest BCUT2D eigenvalue weighted by atomic mass is 79.9. The van der Waals surface area contributed by atoms with Gasteiger partial charge in [-0.3, -0.25) is 4.90 Å². The lowest BCUT2D eigenvalue weighted by atomic mass is 9.93. The maximum absolute atomic E-state index is 13.5. The molecule has 1 aromatic heterocycles. The van der Waals surface area contributed by atoms with Crippen molar-refractivity contribution in [1.29, 1.82) is 0 Å². The number of benzene rings is 3. The van der Waals surface area contributed by atoms with Crippen LogP contribution < -0.4 is 10.2 Å². The lowest BCUT2D eigenvalue weighted by Gasteiger charge is -2.24. The van der Waals surface area contributed by atoms with Crippen LogP contribution in [0.4, 0.5) is 10.5 Å². The first-order valence-corrected chi connectivity index (χ1v) is 14.4. The van der Waals surface area contributed by atoms with Crippen LogP contribution in [0, 0.1) is 0 Å². The summed E-state index contributed by atoms with van der Waals surface area (Å²) in [5, 5.41) is 27.4. The Kier molecular flexibility index (Phi) is 9.36. The normalized spacial score (nSPS) is 13.9. The number of carbonyl (C=O) groups is 1. The predicted molar refractivity (Wildman–Crippen MR) is 160 cm³/mol. The van der Waals surface area contributed by atoms with Crippen LogP contribution in [-0.2, 0) is 19.4 Å². The summed E-state index contributed by atoms with van der Waals surface area (Å²) in [6.45, 7) is 0.927. The molecule has 0 spiro atoms. The number of urea groups is 1. The van der Waals surface area contributed by atoms with Gasteiger partial charge in [-0.15, -0.1) is 10.2 Å². The van der Waals surface area contributed by atoms with E-state index in [4.69, 9.17) is 0 Å². The smallest absolute Gasteiger partial charge is 0.322 e. The second kappa shape index (κ2) is 13.5. The number of carbonyl (C=O) groups excluding carboxylic acids is 1. The van der Waals surface area contributed by atoms with Crippen molar-refractivity contribution >= 4 is 33.2 Å². The molecule has 0 saturated carbocycles. The fraction of sp³-hybridized carbons (Fsp3) is 0.290. The van der Waals surface area contributed by atoms with Gasteiger partial charge in [0.15, 0.2) is 5.82 Å². The molecule has 0 bridgehead atoms. The molecular formula is C31H33BrN6O2. The van der Waals surface area contributed by atoms with Crippen LogP contribution >= 0.6 is 15.9 Å². The van der Waals surface area contributed by atoms with Crippen LogP contribution in [0.1, 0.15) is 59.9 Å². The quantitative estimate of drug-likeness (QED) is 0.202. The summed E-state index contributed by atoms with van der Waals surface area (Å²) in [5.41, 5.74) is 6.32. The molecule has 3 aromatic carbocycles. The van der Waals surface area contributed by atoms with Crippen molar-refractivity contribution in [3.05, 3.63) is 111 Å². The highest BCUT2D eigenvalue weighted by Gasteiger charge is 2.18. The molecule has 1 atom stereocenters. The molecule has 0 radical (unpaired) electrons. The predicted octanol–water partition coefficient (Wildman–Crippen LogP) is 6.15. The van der Waals surface area contributed by atoms with E-state index >= 15 is 0 Å². The highest BCUT2D eigenvalue weighted by Crippen LogP contribution is 2.29. The van der Waals surface area contributed by atoms with Crippen LogP contribution in [0.2, 0.25) is 0 Å². The SMILES string of the molecule is O=C(NCCc1ccc(Br)cc1)N(Cc1ccc([C@H](O)Cc2nn[nH]n2)cc1)c1ccc(C2=CCCCC2)cc1. The first kappa shape index (κ1) is 27.7. The Morgan fingerprint density at radius 1 is 1.00 bits per heavy atom. The molecule has 0 saturated heterocycles. The van der Waals surface area contributed by atoms with Crippen LogP contribution in [0.15, 0.2) is 83.3 Å². The van der Waals surface area contributed by atoms with E-state index in [1.165, 1.54) is 24.0 Å². The van der Waals surface area contributed by atoms with Crippen molar-refractivity contribution in [2.24, 2.45) is 0 Å². The van der Waals surface area contributed by atoms with E-state index in [0.29, 0.717) is 18.9 Å². The average molecular weight is 602 g/mol. The van der Waals surface area contributed by atoms with Crippen LogP contribution in [0.5, 0.6) is 0 Å². The van der Waals surface area contributed by atoms with Gasteiger partial charge in [0.05, 0.1) is 12.6 Å². The van der Waals surface area contributed by atoms with Crippen LogP contribution in [0.25, 0.3) is 5.57 Å². The van der Waals surface area contributed by atoms with Gasteiger partial charge < -0.3 is 10.4 Å². The summed E-state index contributed by atoms with van der Waals surface area (Å²) in [7, 11) is 0. The zero-order chi connectivity index (χ0) is 27.7. The molecule has 206 valence electrons. The standard InChI is InChI=1S/C31H33BrN6O2/c32-27-14-8-22(9-15-27)18-19-33-31(40)38(28-16-12-25(13-17-28)24-4-2-1-3-5-24)21-23-6-10-26(11-7-23)29(39)20-30-34-36-37-35-30/h4,6-17,29,39H,1-3,5,18-21H2,(H,33,40)(H,34,35,36,37)/t29-/m1/s1. The van der Waals surface area contributed by atoms with Crippen molar-refractivity contribution in [1.82, 2.24) is 25.9 Å².